The summed E-state index contributed by atoms with van der Waals surface area (Å²) >= 11 is 0. The van der Waals surface area contributed by atoms with E-state index in [-0.39, 0.29) is 0 Å². The van der Waals surface area contributed by atoms with Gasteiger partial charge in [-0.1, -0.05) is 6.07 Å². The Morgan fingerprint density at radius 1 is 1.38 bits per heavy atom. The fraction of sp³-hybridized carbons (Fsp3) is 0.167. The molecule has 2 rings (SSSR count). The highest BCUT2D eigenvalue weighted by molar-refractivity contribution is 5.30. The standard InChI is InChI=1S/C12H11N3O/c13-6-12-11(2-1-4-15-12)8-14-7-10-3-5-16-9-10/h1-5,9,14H,7-8H2. The van der Waals surface area contributed by atoms with Gasteiger partial charge in [-0.2, -0.15) is 5.26 Å². The van der Waals surface area contributed by atoms with Crippen LogP contribution in [0.5, 0.6) is 0 Å². The molecule has 0 saturated carbocycles. The van der Waals surface area contributed by atoms with E-state index >= 15 is 0 Å². The van der Waals surface area contributed by atoms with Gasteiger partial charge in [-0.3, -0.25) is 0 Å². The van der Waals surface area contributed by atoms with Crippen molar-refractivity contribution in [2.45, 2.75) is 13.1 Å². The Labute approximate surface area is 93.5 Å². The van der Waals surface area contributed by atoms with E-state index in [1.54, 1.807) is 18.7 Å². The fourth-order valence-corrected chi connectivity index (χ4v) is 1.42. The number of pyridine rings is 1. The van der Waals surface area contributed by atoms with Crippen LogP contribution >= 0.6 is 0 Å². The second-order valence-electron chi connectivity index (χ2n) is 3.36. The van der Waals surface area contributed by atoms with Crippen molar-refractivity contribution in [3.63, 3.8) is 0 Å². The zero-order valence-electron chi connectivity index (χ0n) is 8.68. The first kappa shape index (κ1) is 10.4. The van der Waals surface area contributed by atoms with Crippen LogP contribution in [0.25, 0.3) is 0 Å². The van der Waals surface area contributed by atoms with Gasteiger partial charge in [0.05, 0.1) is 12.5 Å². The maximum atomic E-state index is 8.85. The molecule has 0 aromatic carbocycles. The van der Waals surface area contributed by atoms with Gasteiger partial charge < -0.3 is 9.73 Å². The van der Waals surface area contributed by atoms with E-state index in [0.717, 1.165) is 17.7 Å². The summed E-state index contributed by atoms with van der Waals surface area (Å²) in [6, 6.07) is 7.70. The summed E-state index contributed by atoms with van der Waals surface area (Å²) in [6.07, 6.45) is 4.96. The quantitative estimate of drug-likeness (QED) is 0.841. The maximum absolute atomic E-state index is 8.85. The molecule has 80 valence electrons. The van der Waals surface area contributed by atoms with Crippen LogP contribution in [0, 0.1) is 11.3 Å². The Morgan fingerprint density at radius 2 is 2.31 bits per heavy atom. The highest BCUT2D eigenvalue weighted by Crippen LogP contribution is 2.04. The SMILES string of the molecule is N#Cc1ncccc1CNCc1ccoc1. The van der Waals surface area contributed by atoms with Gasteiger partial charge in [0.15, 0.2) is 0 Å². The van der Waals surface area contributed by atoms with Crippen molar-refractivity contribution in [2.75, 3.05) is 0 Å². The van der Waals surface area contributed by atoms with E-state index < -0.39 is 0 Å². The lowest BCUT2D eigenvalue weighted by molar-refractivity contribution is 0.560. The zero-order chi connectivity index (χ0) is 11.2. The lowest BCUT2D eigenvalue weighted by Gasteiger charge is -2.03. The average Bonchev–Trinajstić information content (AvgIpc) is 2.83. The third kappa shape index (κ3) is 2.47. The third-order valence-corrected chi connectivity index (χ3v) is 2.22. The number of hydrogen-bond acceptors (Lipinski definition) is 4. The van der Waals surface area contributed by atoms with Crippen molar-refractivity contribution in [3.05, 3.63) is 53.7 Å². The van der Waals surface area contributed by atoms with Crippen LogP contribution in [0.2, 0.25) is 0 Å². The van der Waals surface area contributed by atoms with Crippen molar-refractivity contribution in [3.8, 4) is 6.07 Å². The summed E-state index contributed by atoms with van der Waals surface area (Å²) < 4.78 is 4.96. The van der Waals surface area contributed by atoms with Crippen LogP contribution in [0.1, 0.15) is 16.8 Å². The van der Waals surface area contributed by atoms with Gasteiger partial charge >= 0.3 is 0 Å². The van der Waals surface area contributed by atoms with Crippen LogP contribution in [0.3, 0.4) is 0 Å². The number of nitrogens with zero attached hydrogens (tertiary/aromatic N) is 2. The third-order valence-electron chi connectivity index (χ3n) is 2.22. The highest BCUT2D eigenvalue weighted by Gasteiger charge is 2.01. The molecule has 16 heavy (non-hydrogen) atoms. The largest absolute Gasteiger partial charge is 0.472 e. The van der Waals surface area contributed by atoms with Gasteiger partial charge in [-0.25, -0.2) is 4.98 Å². The predicted molar refractivity (Wildman–Crippen MR) is 58.2 cm³/mol. The Kier molecular flexibility index (Phi) is 3.31. The van der Waals surface area contributed by atoms with E-state index in [9.17, 15) is 0 Å². The number of rotatable bonds is 4. The molecule has 0 aliphatic rings. The van der Waals surface area contributed by atoms with Crippen molar-refractivity contribution in [1.29, 1.82) is 5.26 Å². The average molecular weight is 213 g/mol. The van der Waals surface area contributed by atoms with Crippen molar-refractivity contribution in [1.82, 2.24) is 10.3 Å². The molecule has 0 atom stereocenters. The molecular formula is C12H11N3O. The Morgan fingerprint density at radius 3 is 3.06 bits per heavy atom. The van der Waals surface area contributed by atoms with Crippen LogP contribution in [0.15, 0.2) is 41.3 Å². The normalized spacial score (nSPS) is 9.94. The molecule has 0 fully saturated rings. The Bertz CT molecular complexity index is 485. The molecule has 2 heterocycles. The summed E-state index contributed by atoms with van der Waals surface area (Å²) in [4.78, 5) is 3.99. The highest BCUT2D eigenvalue weighted by atomic mass is 16.3. The monoisotopic (exact) mass is 213 g/mol. The summed E-state index contributed by atoms with van der Waals surface area (Å²) in [6.45, 7) is 1.35. The van der Waals surface area contributed by atoms with Crippen LogP contribution < -0.4 is 5.32 Å². The Hall–Kier alpha value is -2.12. The summed E-state index contributed by atoms with van der Waals surface area (Å²) in [5.41, 5.74) is 2.47. The molecule has 4 nitrogen and oxygen atoms in total. The summed E-state index contributed by atoms with van der Waals surface area (Å²) in [7, 11) is 0. The van der Waals surface area contributed by atoms with Crippen molar-refractivity contribution < 1.29 is 4.42 Å². The van der Waals surface area contributed by atoms with E-state index in [4.69, 9.17) is 9.68 Å². The number of nitrogens with one attached hydrogen (secondary N) is 1. The van der Waals surface area contributed by atoms with Gasteiger partial charge in [0.25, 0.3) is 0 Å². The first-order valence-corrected chi connectivity index (χ1v) is 4.96. The lowest BCUT2D eigenvalue weighted by atomic mass is 10.2. The predicted octanol–water partition coefficient (Wildman–Crippen LogP) is 1.84. The number of aromatic nitrogens is 1. The molecule has 4 heteroatoms. The topological polar surface area (TPSA) is 61.9 Å². The molecule has 2 aromatic rings. The van der Waals surface area contributed by atoms with Crippen molar-refractivity contribution >= 4 is 0 Å². The fourth-order valence-electron chi connectivity index (χ4n) is 1.42. The van der Waals surface area contributed by atoms with Gasteiger partial charge in [-0.05, 0) is 12.1 Å². The molecule has 2 aromatic heterocycles. The zero-order valence-corrected chi connectivity index (χ0v) is 8.68. The molecule has 0 unspecified atom stereocenters. The van der Waals surface area contributed by atoms with Gasteiger partial charge in [0, 0.05) is 30.4 Å². The molecule has 0 aliphatic carbocycles. The smallest absolute Gasteiger partial charge is 0.144 e. The molecule has 0 bridgehead atoms. The van der Waals surface area contributed by atoms with Crippen molar-refractivity contribution in [2.24, 2.45) is 0 Å². The number of furan rings is 1. The Balaban J connectivity index is 1.93. The number of hydrogen-bond donors (Lipinski definition) is 1. The minimum atomic E-state index is 0.474. The van der Waals surface area contributed by atoms with E-state index in [1.807, 2.05) is 18.2 Å². The van der Waals surface area contributed by atoms with Crippen LogP contribution in [-0.4, -0.2) is 4.98 Å². The second kappa shape index (κ2) is 5.10. The maximum Gasteiger partial charge on any atom is 0.144 e. The molecule has 0 spiro atoms. The van der Waals surface area contributed by atoms with Crippen LogP contribution in [-0.2, 0) is 13.1 Å². The molecule has 0 radical (unpaired) electrons. The second-order valence-corrected chi connectivity index (χ2v) is 3.36. The molecular weight excluding hydrogens is 202 g/mol. The van der Waals surface area contributed by atoms with Gasteiger partial charge in [0.2, 0.25) is 0 Å². The molecule has 0 saturated heterocycles. The summed E-state index contributed by atoms with van der Waals surface area (Å²) in [5.74, 6) is 0. The molecule has 0 amide bonds. The summed E-state index contributed by atoms with van der Waals surface area (Å²) in [5, 5.41) is 12.1. The van der Waals surface area contributed by atoms with Gasteiger partial charge in [-0.15, -0.1) is 0 Å². The van der Waals surface area contributed by atoms with Gasteiger partial charge in [0.1, 0.15) is 11.8 Å². The lowest BCUT2D eigenvalue weighted by Crippen LogP contribution is -2.13. The first-order valence-electron chi connectivity index (χ1n) is 4.96. The van der Waals surface area contributed by atoms with E-state index in [1.165, 1.54) is 0 Å². The van der Waals surface area contributed by atoms with E-state index in [2.05, 4.69) is 16.4 Å². The van der Waals surface area contributed by atoms with Crippen LogP contribution in [0.4, 0.5) is 0 Å². The number of nitriles is 1. The minimum Gasteiger partial charge on any atom is -0.472 e. The first-order chi connectivity index (χ1) is 7.90. The molecule has 1 N–H and O–H groups in total. The minimum absolute atomic E-state index is 0.474. The molecule has 0 aliphatic heterocycles. The van der Waals surface area contributed by atoms with E-state index in [0.29, 0.717) is 12.2 Å².